The van der Waals surface area contributed by atoms with Gasteiger partial charge in [0.05, 0.1) is 4.88 Å². The molecule has 0 atom stereocenters. The summed E-state index contributed by atoms with van der Waals surface area (Å²) in [6.45, 7) is 3.77. The molecule has 2 heterocycles. The molecule has 1 amide bonds. The molecule has 2 aromatic heterocycles. The zero-order chi connectivity index (χ0) is 13.8. The number of carbonyl (C=O) groups excluding carboxylic acids is 2. The topological polar surface area (TPSA) is 72.0 Å². The van der Waals surface area contributed by atoms with E-state index in [0.717, 1.165) is 9.88 Å². The second kappa shape index (κ2) is 6.03. The second-order valence-electron chi connectivity index (χ2n) is 4.01. The van der Waals surface area contributed by atoms with Crippen LogP contribution in [0.25, 0.3) is 0 Å². The van der Waals surface area contributed by atoms with Gasteiger partial charge >= 0.3 is 0 Å². The summed E-state index contributed by atoms with van der Waals surface area (Å²) in [4.78, 5) is 25.3. The summed E-state index contributed by atoms with van der Waals surface area (Å²) in [5, 5.41) is 11.5. The lowest BCUT2D eigenvalue weighted by Gasteiger charge is -1.99. The minimum atomic E-state index is -0.210. The molecule has 0 fully saturated rings. The molecular formula is C12H13N3O2S2. The third-order valence-corrected chi connectivity index (χ3v) is 4.16. The highest BCUT2D eigenvalue weighted by molar-refractivity contribution is 7.15. The van der Waals surface area contributed by atoms with E-state index in [2.05, 4.69) is 15.5 Å². The molecule has 5 nitrogen and oxygen atoms in total. The molecule has 2 aromatic rings. The van der Waals surface area contributed by atoms with Crippen molar-refractivity contribution >= 4 is 39.5 Å². The Hall–Kier alpha value is -1.60. The number of hydrogen-bond acceptors (Lipinski definition) is 6. The van der Waals surface area contributed by atoms with Gasteiger partial charge in [0.15, 0.2) is 5.78 Å². The second-order valence-corrected chi connectivity index (χ2v) is 6.48. The number of aromatic nitrogens is 2. The number of anilines is 1. The summed E-state index contributed by atoms with van der Waals surface area (Å²) in [5.41, 5.74) is 0. The fourth-order valence-electron chi connectivity index (χ4n) is 1.46. The van der Waals surface area contributed by atoms with Crippen molar-refractivity contribution in [3.63, 3.8) is 0 Å². The molecule has 0 aromatic carbocycles. The maximum absolute atomic E-state index is 11.8. The van der Waals surface area contributed by atoms with Crippen LogP contribution in [0.1, 0.15) is 32.4 Å². The lowest BCUT2D eigenvalue weighted by molar-refractivity contribution is -0.116. The first-order chi connectivity index (χ1) is 9.04. The first-order valence-corrected chi connectivity index (χ1v) is 7.37. The maximum Gasteiger partial charge on any atom is 0.226 e. The minimum absolute atomic E-state index is 0.00157. The number of amides is 1. The molecule has 0 radical (unpaired) electrons. The summed E-state index contributed by atoms with van der Waals surface area (Å²) in [6, 6.07) is 3.70. The normalized spacial score (nSPS) is 10.4. The first-order valence-electron chi connectivity index (χ1n) is 5.74. The Morgan fingerprint density at radius 3 is 2.53 bits per heavy atom. The molecule has 0 aliphatic heterocycles. The Morgan fingerprint density at radius 2 is 1.95 bits per heavy atom. The Bertz CT molecular complexity index is 604. The average molecular weight is 295 g/mol. The lowest BCUT2D eigenvalue weighted by Crippen LogP contribution is -2.13. The van der Waals surface area contributed by atoms with Crippen molar-refractivity contribution in [2.75, 3.05) is 5.32 Å². The molecule has 0 saturated carbocycles. The van der Waals surface area contributed by atoms with E-state index in [4.69, 9.17) is 0 Å². The lowest BCUT2D eigenvalue weighted by atomic mass is 10.2. The highest BCUT2D eigenvalue weighted by Gasteiger charge is 2.12. The molecule has 0 saturated heterocycles. The molecule has 100 valence electrons. The van der Waals surface area contributed by atoms with E-state index in [1.807, 2.05) is 19.9 Å². The van der Waals surface area contributed by atoms with Gasteiger partial charge in [-0.05, 0) is 26.0 Å². The standard InChI is InChI=1S/C12H13N3O2S2/c1-7-3-5-10(18-7)9(16)4-6-11(17)13-12-15-14-8(2)19-12/h3,5H,4,6H2,1-2H3,(H,13,15,17). The molecule has 1 N–H and O–H groups in total. The van der Waals surface area contributed by atoms with E-state index in [1.165, 1.54) is 22.7 Å². The summed E-state index contributed by atoms with van der Waals surface area (Å²) >= 11 is 2.77. The van der Waals surface area contributed by atoms with E-state index in [0.29, 0.717) is 10.0 Å². The van der Waals surface area contributed by atoms with E-state index >= 15 is 0 Å². The van der Waals surface area contributed by atoms with E-state index in [9.17, 15) is 9.59 Å². The molecule has 19 heavy (non-hydrogen) atoms. The third-order valence-electron chi connectivity index (χ3n) is 2.37. The molecular weight excluding hydrogens is 282 g/mol. The van der Waals surface area contributed by atoms with Crippen LogP contribution in [0, 0.1) is 13.8 Å². The number of ketones is 1. The highest BCUT2D eigenvalue weighted by atomic mass is 32.1. The number of Topliss-reactive ketones (excluding diaryl/α,β-unsaturated/α-hetero) is 1. The summed E-state index contributed by atoms with van der Waals surface area (Å²) < 4.78 is 0. The van der Waals surface area contributed by atoms with Crippen LogP contribution >= 0.6 is 22.7 Å². The van der Waals surface area contributed by atoms with Gasteiger partial charge in [-0.1, -0.05) is 11.3 Å². The fraction of sp³-hybridized carbons (Fsp3) is 0.333. The molecule has 0 unspecified atom stereocenters. The number of nitrogens with one attached hydrogen (secondary N) is 1. The van der Waals surface area contributed by atoms with Crippen molar-refractivity contribution in [2.24, 2.45) is 0 Å². The summed E-state index contributed by atoms with van der Waals surface area (Å²) in [5.74, 6) is -0.209. The predicted octanol–water partition coefficient (Wildman–Crippen LogP) is 2.82. The summed E-state index contributed by atoms with van der Waals surface area (Å²) in [7, 11) is 0. The van der Waals surface area contributed by atoms with Crippen LogP contribution in [-0.2, 0) is 4.79 Å². The van der Waals surface area contributed by atoms with Crippen LogP contribution < -0.4 is 5.32 Å². The van der Waals surface area contributed by atoms with Gasteiger partial charge in [0.1, 0.15) is 5.01 Å². The van der Waals surface area contributed by atoms with Crippen LogP contribution in [0.4, 0.5) is 5.13 Å². The van der Waals surface area contributed by atoms with Crippen molar-refractivity contribution in [3.8, 4) is 0 Å². The van der Waals surface area contributed by atoms with E-state index in [1.54, 1.807) is 6.07 Å². The molecule has 0 aliphatic rings. The van der Waals surface area contributed by atoms with Gasteiger partial charge in [-0.2, -0.15) is 0 Å². The number of nitrogens with zero attached hydrogens (tertiary/aromatic N) is 2. The Kier molecular flexibility index (Phi) is 4.39. The maximum atomic E-state index is 11.8. The van der Waals surface area contributed by atoms with Gasteiger partial charge < -0.3 is 5.32 Å². The Morgan fingerprint density at radius 1 is 1.16 bits per heavy atom. The van der Waals surface area contributed by atoms with E-state index in [-0.39, 0.29) is 24.5 Å². The molecule has 0 spiro atoms. The molecule has 0 aliphatic carbocycles. The van der Waals surface area contributed by atoms with Crippen LogP contribution in [0.15, 0.2) is 12.1 Å². The zero-order valence-corrected chi connectivity index (χ0v) is 12.2. The van der Waals surface area contributed by atoms with Gasteiger partial charge in [0, 0.05) is 17.7 Å². The number of carbonyl (C=O) groups is 2. The Labute approximate surface area is 118 Å². The average Bonchev–Trinajstić information content (AvgIpc) is 2.95. The van der Waals surface area contributed by atoms with Gasteiger partial charge in [-0.15, -0.1) is 21.5 Å². The number of hydrogen-bond donors (Lipinski definition) is 1. The van der Waals surface area contributed by atoms with Crippen molar-refractivity contribution in [1.82, 2.24) is 10.2 Å². The van der Waals surface area contributed by atoms with Crippen LogP contribution in [0.3, 0.4) is 0 Å². The first kappa shape index (κ1) is 13.8. The van der Waals surface area contributed by atoms with Gasteiger partial charge in [0.25, 0.3) is 0 Å². The van der Waals surface area contributed by atoms with Gasteiger partial charge in [-0.3, -0.25) is 9.59 Å². The smallest absolute Gasteiger partial charge is 0.226 e. The van der Waals surface area contributed by atoms with Crippen molar-refractivity contribution < 1.29 is 9.59 Å². The van der Waals surface area contributed by atoms with Crippen LogP contribution in [0.2, 0.25) is 0 Å². The fourth-order valence-corrected chi connectivity index (χ4v) is 2.91. The van der Waals surface area contributed by atoms with Crippen LogP contribution in [0.5, 0.6) is 0 Å². The molecule has 2 rings (SSSR count). The monoisotopic (exact) mass is 295 g/mol. The number of aryl methyl sites for hydroxylation is 2. The van der Waals surface area contributed by atoms with Crippen molar-refractivity contribution in [2.45, 2.75) is 26.7 Å². The number of thiophene rings is 1. The van der Waals surface area contributed by atoms with Gasteiger partial charge in [-0.25, -0.2) is 0 Å². The quantitative estimate of drug-likeness (QED) is 0.861. The molecule has 0 bridgehead atoms. The van der Waals surface area contributed by atoms with Crippen molar-refractivity contribution in [3.05, 3.63) is 26.9 Å². The van der Waals surface area contributed by atoms with E-state index < -0.39 is 0 Å². The highest BCUT2D eigenvalue weighted by Crippen LogP contribution is 2.18. The largest absolute Gasteiger partial charge is 0.301 e. The SMILES string of the molecule is Cc1ccc(C(=O)CCC(=O)Nc2nnc(C)s2)s1. The minimum Gasteiger partial charge on any atom is -0.301 e. The third kappa shape index (κ3) is 3.93. The molecule has 7 heteroatoms. The van der Waals surface area contributed by atoms with Gasteiger partial charge in [0.2, 0.25) is 11.0 Å². The predicted molar refractivity (Wildman–Crippen MR) is 75.9 cm³/mol. The van der Waals surface area contributed by atoms with Crippen LogP contribution in [-0.4, -0.2) is 21.9 Å². The van der Waals surface area contributed by atoms with Crippen molar-refractivity contribution in [1.29, 1.82) is 0 Å². The Balaban J connectivity index is 1.82. The number of rotatable bonds is 5. The zero-order valence-electron chi connectivity index (χ0n) is 10.6. The summed E-state index contributed by atoms with van der Waals surface area (Å²) in [6.07, 6.45) is 0.373.